The van der Waals surface area contributed by atoms with Crippen LogP contribution in [-0.4, -0.2) is 19.8 Å². The van der Waals surface area contributed by atoms with Crippen LogP contribution in [0.3, 0.4) is 0 Å². The van der Waals surface area contributed by atoms with Gasteiger partial charge in [0.25, 0.3) is 6.43 Å². The first kappa shape index (κ1) is 11.9. The summed E-state index contributed by atoms with van der Waals surface area (Å²) in [6.45, 7) is 2.14. The number of aryl methyl sites for hydroxylation is 1. The van der Waals surface area contributed by atoms with E-state index in [1.807, 2.05) is 6.07 Å². The number of anilines is 1. The van der Waals surface area contributed by atoms with Gasteiger partial charge in [-0.2, -0.15) is 0 Å². The topological polar surface area (TPSA) is 21.3 Å². The van der Waals surface area contributed by atoms with Gasteiger partial charge in [0.05, 0.1) is 6.61 Å². The van der Waals surface area contributed by atoms with E-state index in [9.17, 15) is 8.78 Å². The van der Waals surface area contributed by atoms with Crippen molar-refractivity contribution < 1.29 is 13.5 Å². The Morgan fingerprint density at radius 3 is 2.94 bits per heavy atom. The first-order valence-electron chi connectivity index (χ1n) is 6.52. The summed E-state index contributed by atoms with van der Waals surface area (Å²) in [4.78, 5) is 0. The third kappa shape index (κ3) is 2.09. The van der Waals surface area contributed by atoms with Gasteiger partial charge >= 0.3 is 0 Å². The molecule has 18 heavy (non-hydrogen) atoms. The molecule has 1 aromatic rings. The lowest BCUT2D eigenvalue weighted by Crippen LogP contribution is -2.14. The summed E-state index contributed by atoms with van der Waals surface area (Å²) in [7, 11) is 0. The molecule has 1 atom stereocenters. The molecule has 0 radical (unpaired) electrons. The van der Waals surface area contributed by atoms with Crippen LogP contribution < -0.4 is 5.32 Å². The van der Waals surface area contributed by atoms with Crippen molar-refractivity contribution in [3.8, 4) is 0 Å². The number of halogens is 2. The van der Waals surface area contributed by atoms with Crippen molar-refractivity contribution in [3.05, 3.63) is 28.8 Å². The fourth-order valence-electron chi connectivity index (χ4n) is 2.88. The minimum atomic E-state index is -2.41. The highest BCUT2D eigenvalue weighted by atomic mass is 19.3. The Balaban J connectivity index is 2.03. The lowest BCUT2D eigenvalue weighted by atomic mass is 9.89. The van der Waals surface area contributed by atoms with Gasteiger partial charge in [-0.15, -0.1) is 0 Å². The van der Waals surface area contributed by atoms with Crippen LogP contribution in [0.2, 0.25) is 0 Å². The molecule has 3 rings (SSSR count). The number of hydrogen-bond acceptors (Lipinski definition) is 2. The molecule has 0 aromatic heterocycles. The summed E-state index contributed by atoms with van der Waals surface area (Å²) in [5.74, 6) is 0.140. The first-order chi connectivity index (χ1) is 8.75. The molecule has 2 nitrogen and oxygen atoms in total. The summed E-state index contributed by atoms with van der Waals surface area (Å²) >= 11 is 0. The van der Waals surface area contributed by atoms with E-state index < -0.39 is 6.43 Å². The molecule has 0 amide bonds. The molecular formula is C14H17F2NO. The molecule has 1 fully saturated rings. The molecule has 1 saturated heterocycles. The molecule has 4 heteroatoms. The molecule has 1 aromatic carbocycles. The zero-order valence-corrected chi connectivity index (χ0v) is 10.2. The maximum absolute atomic E-state index is 13.2. The Labute approximate surface area is 105 Å². The van der Waals surface area contributed by atoms with Crippen LogP contribution >= 0.6 is 0 Å². The molecule has 1 unspecified atom stereocenters. The van der Waals surface area contributed by atoms with Crippen molar-refractivity contribution in [2.45, 2.75) is 31.6 Å². The quantitative estimate of drug-likeness (QED) is 0.871. The second kappa shape index (κ2) is 4.84. The van der Waals surface area contributed by atoms with Crippen LogP contribution in [-0.2, 0) is 11.2 Å². The van der Waals surface area contributed by atoms with E-state index in [4.69, 9.17) is 4.74 Å². The third-order valence-electron chi connectivity index (χ3n) is 3.85. The molecule has 2 aliphatic rings. The van der Waals surface area contributed by atoms with Gasteiger partial charge in [0, 0.05) is 30.3 Å². The second-order valence-electron chi connectivity index (χ2n) is 5.03. The Bertz CT molecular complexity index is 442. The Kier molecular flexibility index (Phi) is 3.20. The van der Waals surface area contributed by atoms with Crippen molar-refractivity contribution in [2.75, 3.05) is 25.1 Å². The zero-order valence-electron chi connectivity index (χ0n) is 10.2. The van der Waals surface area contributed by atoms with Crippen molar-refractivity contribution in [2.24, 2.45) is 0 Å². The molecular weight excluding hydrogens is 236 g/mol. The van der Waals surface area contributed by atoms with E-state index in [0.29, 0.717) is 13.2 Å². The second-order valence-corrected chi connectivity index (χ2v) is 5.03. The molecule has 2 aliphatic heterocycles. The predicted octanol–water partition coefficient (Wildman–Crippen LogP) is 3.49. The zero-order chi connectivity index (χ0) is 12.5. The normalized spacial score (nSPS) is 22.9. The van der Waals surface area contributed by atoms with E-state index in [0.717, 1.165) is 37.1 Å². The van der Waals surface area contributed by atoms with Gasteiger partial charge in [0.2, 0.25) is 0 Å². The van der Waals surface area contributed by atoms with Crippen LogP contribution in [0.15, 0.2) is 12.1 Å². The number of nitrogens with one attached hydrogen (secondary N) is 1. The van der Waals surface area contributed by atoms with Crippen LogP contribution in [0.4, 0.5) is 14.5 Å². The number of fused-ring (bicyclic) bond motifs is 1. The Morgan fingerprint density at radius 1 is 1.33 bits per heavy atom. The Morgan fingerprint density at radius 2 is 2.22 bits per heavy atom. The van der Waals surface area contributed by atoms with Crippen LogP contribution in [0.5, 0.6) is 0 Å². The average Bonchev–Trinajstić information content (AvgIpc) is 2.91. The number of alkyl halides is 2. The summed E-state index contributed by atoms with van der Waals surface area (Å²) in [6.07, 6.45) is 0.495. The summed E-state index contributed by atoms with van der Waals surface area (Å²) < 4.78 is 31.7. The van der Waals surface area contributed by atoms with Crippen molar-refractivity contribution in [1.82, 2.24) is 0 Å². The Hall–Kier alpha value is -1.16. The minimum Gasteiger partial charge on any atom is -0.385 e. The van der Waals surface area contributed by atoms with Gasteiger partial charge in [-0.05, 0) is 36.5 Å². The molecule has 0 aliphatic carbocycles. The van der Waals surface area contributed by atoms with E-state index in [2.05, 4.69) is 5.32 Å². The lowest BCUT2D eigenvalue weighted by molar-refractivity contribution is 0.149. The van der Waals surface area contributed by atoms with Crippen LogP contribution in [0.25, 0.3) is 0 Å². The summed E-state index contributed by atoms with van der Waals surface area (Å²) in [5.41, 5.74) is 3.04. The molecule has 1 N–H and O–H groups in total. The molecule has 2 heterocycles. The summed E-state index contributed by atoms with van der Waals surface area (Å²) in [5, 5.41) is 3.21. The lowest BCUT2D eigenvalue weighted by Gasteiger charge is -2.23. The fraction of sp³-hybridized carbons (Fsp3) is 0.571. The maximum Gasteiger partial charge on any atom is 0.264 e. The van der Waals surface area contributed by atoms with E-state index in [1.54, 1.807) is 6.07 Å². The van der Waals surface area contributed by atoms with Crippen LogP contribution in [0.1, 0.15) is 41.9 Å². The van der Waals surface area contributed by atoms with E-state index in [1.165, 1.54) is 5.56 Å². The van der Waals surface area contributed by atoms with Gasteiger partial charge < -0.3 is 10.1 Å². The minimum absolute atomic E-state index is 0.140. The highest BCUT2D eigenvalue weighted by Crippen LogP contribution is 2.37. The highest BCUT2D eigenvalue weighted by molar-refractivity contribution is 5.58. The van der Waals surface area contributed by atoms with Crippen molar-refractivity contribution in [1.29, 1.82) is 0 Å². The highest BCUT2D eigenvalue weighted by Gasteiger charge is 2.26. The number of rotatable bonds is 2. The van der Waals surface area contributed by atoms with Crippen molar-refractivity contribution >= 4 is 5.69 Å². The number of hydrogen-bond donors (Lipinski definition) is 1. The van der Waals surface area contributed by atoms with Gasteiger partial charge in [0.1, 0.15) is 0 Å². The van der Waals surface area contributed by atoms with Gasteiger partial charge in [-0.25, -0.2) is 8.78 Å². The standard InChI is InChI=1S/C14H17F2NO/c15-14(16)12-7-13-9(2-1-4-17-13)6-11(12)10-3-5-18-8-10/h6-7,10,14,17H,1-5,8H2. The third-order valence-corrected chi connectivity index (χ3v) is 3.85. The molecule has 98 valence electrons. The smallest absolute Gasteiger partial charge is 0.264 e. The van der Waals surface area contributed by atoms with E-state index >= 15 is 0 Å². The molecule has 0 saturated carbocycles. The van der Waals surface area contributed by atoms with Crippen molar-refractivity contribution in [3.63, 3.8) is 0 Å². The number of benzene rings is 1. The summed E-state index contributed by atoms with van der Waals surface area (Å²) in [6, 6.07) is 3.62. The first-order valence-corrected chi connectivity index (χ1v) is 6.52. The van der Waals surface area contributed by atoms with Crippen LogP contribution in [0, 0.1) is 0 Å². The van der Waals surface area contributed by atoms with Gasteiger partial charge in [-0.1, -0.05) is 6.07 Å². The van der Waals surface area contributed by atoms with Gasteiger partial charge in [0.15, 0.2) is 0 Å². The molecule has 0 bridgehead atoms. The fourth-order valence-corrected chi connectivity index (χ4v) is 2.88. The van der Waals surface area contributed by atoms with Gasteiger partial charge in [-0.3, -0.25) is 0 Å². The monoisotopic (exact) mass is 253 g/mol. The largest absolute Gasteiger partial charge is 0.385 e. The predicted molar refractivity (Wildman–Crippen MR) is 66.4 cm³/mol. The maximum atomic E-state index is 13.2. The van der Waals surface area contributed by atoms with E-state index in [-0.39, 0.29) is 11.5 Å². The molecule has 0 spiro atoms. The SMILES string of the molecule is FC(F)c1cc2c(cc1C1CCOC1)CCCN2. The number of ether oxygens (including phenoxy) is 1. The average molecular weight is 253 g/mol.